The van der Waals surface area contributed by atoms with Crippen LogP contribution < -0.4 is 5.73 Å². The summed E-state index contributed by atoms with van der Waals surface area (Å²) in [5.41, 5.74) is 4.64. The SMILES string of the molecule is CC1CCCCCN1CC(C)(N)C(=O)O. The second kappa shape index (κ2) is 4.94. The molecule has 0 aliphatic carbocycles. The number of hydrogen-bond donors (Lipinski definition) is 2. The lowest BCUT2D eigenvalue weighted by Crippen LogP contribution is -2.55. The normalized spacial score (nSPS) is 28.1. The van der Waals surface area contributed by atoms with E-state index in [2.05, 4.69) is 11.8 Å². The monoisotopic (exact) mass is 214 g/mol. The predicted molar refractivity (Wildman–Crippen MR) is 59.7 cm³/mol. The van der Waals surface area contributed by atoms with Gasteiger partial charge in [-0.05, 0) is 33.2 Å². The fourth-order valence-corrected chi connectivity index (χ4v) is 2.06. The van der Waals surface area contributed by atoms with E-state index in [1.54, 1.807) is 6.92 Å². The Kier molecular flexibility index (Phi) is 4.11. The van der Waals surface area contributed by atoms with Gasteiger partial charge < -0.3 is 10.8 Å². The fraction of sp³-hybridized carbons (Fsp3) is 0.909. The molecule has 4 heteroatoms. The summed E-state index contributed by atoms with van der Waals surface area (Å²) in [5, 5.41) is 8.98. The number of likely N-dealkylation sites (tertiary alicyclic amines) is 1. The van der Waals surface area contributed by atoms with Gasteiger partial charge in [-0.15, -0.1) is 0 Å². The first-order valence-electron chi connectivity index (χ1n) is 5.70. The summed E-state index contributed by atoms with van der Waals surface area (Å²) in [6.45, 7) is 5.17. The van der Waals surface area contributed by atoms with Crippen molar-refractivity contribution >= 4 is 5.97 Å². The van der Waals surface area contributed by atoms with E-state index in [0.29, 0.717) is 12.6 Å². The molecule has 0 saturated carbocycles. The van der Waals surface area contributed by atoms with Crippen LogP contribution in [0.3, 0.4) is 0 Å². The smallest absolute Gasteiger partial charge is 0.324 e. The Morgan fingerprint density at radius 3 is 2.80 bits per heavy atom. The van der Waals surface area contributed by atoms with E-state index in [0.717, 1.165) is 19.4 Å². The highest BCUT2D eigenvalue weighted by Crippen LogP contribution is 2.18. The first kappa shape index (κ1) is 12.5. The van der Waals surface area contributed by atoms with E-state index in [1.807, 2.05) is 0 Å². The number of nitrogens with zero attached hydrogens (tertiary/aromatic N) is 1. The number of aliphatic carboxylic acids is 1. The Hall–Kier alpha value is -0.610. The zero-order valence-corrected chi connectivity index (χ0v) is 9.70. The van der Waals surface area contributed by atoms with Crippen molar-refractivity contribution in [1.29, 1.82) is 0 Å². The molecule has 1 saturated heterocycles. The van der Waals surface area contributed by atoms with Crippen LogP contribution in [0.5, 0.6) is 0 Å². The number of nitrogens with two attached hydrogens (primary N) is 1. The molecule has 0 aromatic heterocycles. The molecule has 0 spiro atoms. The summed E-state index contributed by atoms with van der Waals surface area (Å²) in [6.07, 6.45) is 4.79. The van der Waals surface area contributed by atoms with Gasteiger partial charge in [0.1, 0.15) is 5.54 Å². The molecule has 1 aliphatic heterocycles. The van der Waals surface area contributed by atoms with E-state index in [-0.39, 0.29) is 0 Å². The number of carbonyl (C=O) groups is 1. The first-order chi connectivity index (χ1) is 6.93. The molecule has 0 bridgehead atoms. The lowest BCUT2D eigenvalue weighted by atomic mass is 10.0. The van der Waals surface area contributed by atoms with Gasteiger partial charge in [-0.2, -0.15) is 0 Å². The Balaban J connectivity index is 2.58. The highest BCUT2D eigenvalue weighted by atomic mass is 16.4. The van der Waals surface area contributed by atoms with Crippen LogP contribution in [0.4, 0.5) is 0 Å². The maximum atomic E-state index is 10.9. The van der Waals surface area contributed by atoms with Crippen LogP contribution in [-0.2, 0) is 4.79 Å². The summed E-state index contributed by atoms with van der Waals surface area (Å²) < 4.78 is 0. The summed E-state index contributed by atoms with van der Waals surface area (Å²) in [4.78, 5) is 13.1. The number of rotatable bonds is 3. The van der Waals surface area contributed by atoms with Crippen molar-refractivity contribution in [3.05, 3.63) is 0 Å². The molecule has 2 atom stereocenters. The molecule has 2 unspecified atom stereocenters. The van der Waals surface area contributed by atoms with Gasteiger partial charge in [0.15, 0.2) is 0 Å². The van der Waals surface area contributed by atoms with Crippen LogP contribution in [0.2, 0.25) is 0 Å². The third-order valence-electron chi connectivity index (χ3n) is 3.21. The Labute approximate surface area is 91.4 Å². The minimum atomic E-state index is -1.13. The van der Waals surface area contributed by atoms with Crippen molar-refractivity contribution < 1.29 is 9.90 Å². The summed E-state index contributed by atoms with van der Waals surface area (Å²) in [6, 6.07) is 0.453. The highest BCUT2D eigenvalue weighted by molar-refractivity contribution is 5.78. The van der Waals surface area contributed by atoms with Gasteiger partial charge in [0.2, 0.25) is 0 Å². The van der Waals surface area contributed by atoms with Gasteiger partial charge in [-0.25, -0.2) is 0 Å². The van der Waals surface area contributed by atoms with Crippen molar-refractivity contribution in [2.24, 2.45) is 5.73 Å². The molecule has 0 radical (unpaired) electrons. The van der Waals surface area contributed by atoms with Gasteiger partial charge in [0.05, 0.1) is 0 Å². The first-order valence-corrected chi connectivity index (χ1v) is 5.70. The topological polar surface area (TPSA) is 66.6 Å². The minimum Gasteiger partial charge on any atom is -0.480 e. The van der Waals surface area contributed by atoms with Crippen LogP contribution in [0.25, 0.3) is 0 Å². The molecule has 3 N–H and O–H groups in total. The number of carboxylic acids is 1. The number of hydrogen-bond acceptors (Lipinski definition) is 3. The fourth-order valence-electron chi connectivity index (χ4n) is 2.06. The molecule has 1 heterocycles. The van der Waals surface area contributed by atoms with Crippen LogP contribution in [0, 0.1) is 0 Å². The van der Waals surface area contributed by atoms with E-state index < -0.39 is 11.5 Å². The van der Waals surface area contributed by atoms with Crippen molar-refractivity contribution in [3.8, 4) is 0 Å². The average molecular weight is 214 g/mol. The third kappa shape index (κ3) is 3.47. The minimum absolute atomic E-state index is 0.448. The molecule has 0 amide bonds. The summed E-state index contributed by atoms with van der Waals surface area (Å²) >= 11 is 0. The van der Waals surface area contributed by atoms with Crippen LogP contribution >= 0.6 is 0 Å². The largest absolute Gasteiger partial charge is 0.480 e. The molecule has 0 aromatic rings. The molecular weight excluding hydrogens is 192 g/mol. The molecule has 4 nitrogen and oxygen atoms in total. The predicted octanol–water partition coefficient (Wildman–Crippen LogP) is 1.05. The lowest BCUT2D eigenvalue weighted by molar-refractivity contribution is -0.143. The van der Waals surface area contributed by atoms with Crippen LogP contribution in [-0.4, -0.2) is 40.6 Å². The molecule has 1 aliphatic rings. The third-order valence-corrected chi connectivity index (χ3v) is 3.21. The molecule has 1 rings (SSSR count). The Morgan fingerprint density at radius 2 is 2.20 bits per heavy atom. The lowest BCUT2D eigenvalue weighted by Gasteiger charge is -2.32. The van der Waals surface area contributed by atoms with Crippen molar-refractivity contribution in [2.75, 3.05) is 13.1 Å². The summed E-state index contributed by atoms with van der Waals surface area (Å²) in [7, 11) is 0. The second-order valence-corrected chi connectivity index (χ2v) is 4.89. The van der Waals surface area contributed by atoms with Gasteiger partial charge in [-0.3, -0.25) is 9.69 Å². The van der Waals surface area contributed by atoms with E-state index in [9.17, 15) is 4.79 Å². The van der Waals surface area contributed by atoms with Crippen molar-refractivity contribution in [1.82, 2.24) is 4.90 Å². The molecule has 0 aromatic carbocycles. The standard InChI is InChI=1S/C11H22N2O2/c1-9-6-4-3-5-7-13(9)8-11(2,12)10(14)15/h9H,3-8,12H2,1-2H3,(H,14,15). The average Bonchev–Trinajstić information content (AvgIpc) is 2.31. The molecule has 1 fully saturated rings. The zero-order valence-electron chi connectivity index (χ0n) is 9.70. The maximum Gasteiger partial charge on any atom is 0.324 e. The van der Waals surface area contributed by atoms with Crippen LogP contribution in [0.1, 0.15) is 39.5 Å². The van der Waals surface area contributed by atoms with Gasteiger partial charge in [0.25, 0.3) is 0 Å². The van der Waals surface area contributed by atoms with Gasteiger partial charge >= 0.3 is 5.97 Å². The second-order valence-electron chi connectivity index (χ2n) is 4.89. The van der Waals surface area contributed by atoms with Crippen molar-refractivity contribution in [3.63, 3.8) is 0 Å². The maximum absolute atomic E-state index is 10.9. The highest BCUT2D eigenvalue weighted by Gasteiger charge is 2.32. The van der Waals surface area contributed by atoms with E-state index in [4.69, 9.17) is 10.8 Å². The zero-order chi connectivity index (χ0) is 11.5. The summed E-state index contributed by atoms with van der Waals surface area (Å²) in [5.74, 6) is -0.918. The Bertz CT molecular complexity index is 229. The molecule has 88 valence electrons. The Morgan fingerprint density at radius 1 is 1.53 bits per heavy atom. The molecule has 15 heavy (non-hydrogen) atoms. The van der Waals surface area contributed by atoms with Gasteiger partial charge in [-0.1, -0.05) is 12.8 Å². The molecular formula is C11H22N2O2. The van der Waals surface area contributed by atoms with Gasteiger partial charge in [0, 0.05) is 12.6 Å². The van der Waals surface area contributed by atoms with Crippen molar-refractivity contribution in [2.45, 2.75) is 51.1 Å². The quantitative estimate of drug-likeness (QED) is 0.737. The van der Waals surface area contributed by atoms with E-state index >= 15 is 0 Å². The number of carboxylic acid groups (broad SMARTS) is 1. The van der Waals surface area contributed by atoms with E-state index in [1.165, 1.54) is 12.8 Å². The van der Waals surface area contributed by atoms with Crippen LogP contribution in [0.15, 0.2) is 0 Å².